The second kappa shape index (κ2) is 5.64. The van der Waals surface area contributed by atoms with Crippen LogP contribution >= 0.6 is 11.8 Å². The molecule has 1 rings (SSSR count). The van der Waals surface area contributed by atoms with E-state index in [1.807, 2.05) is 13.8 Å². The Hall–Kier alpha value is -0.880. The minimum absolute atomic E-state index is 0.0532. The van der Waals surface area contributed by atoms with Crippen molar-refractivity contribution in [1.82, 2.24) is 10.3 Å². The number of thioether (sulfide) groups is 1. The lowest BCUT2D eigenvalue weighted by Crippen LogP contribution is -2.49. The van der Waals surface area contributed by atoms with Gasteiger partial charge < -0.3 is 5.32 Å². The van der Waals surface area contributed by atoms with Gasteiger partial charge in [0.15, 0.2) is 11.2 Å². The third kappa shape index (κ3) is 3.07. The molecule has 0 aliphatic carbocycles. The van der Waals surface area contributed by atoms with Crippen molar-refractivity contribution in [3.63, 3.8) is 0 Å². The van der Waals surface area contributed by atoms with Gasteiger partial charge in [-0.15, -0.1) is 0 Å². The molecule has 1 aliphatic heterocycles. The van der Waals surface area contributed by atoms with E-state index in [2.05, 4.69) is 10.4 Å². The standard InChI is InChI=1S/C11H19N3O2S/c1-6(2)9(12-5)10(16)14-11(7(3)15)17-8(4)13-14/h6,9,11-12H,1-5H3/t9-,11?/m0/s1. The smallest absolute Gasteiger partial charge is 0.261 e. The van der Waals surface area contributed by atoms with Crippen molar-refractivity contribution in [2.24, 2.45) is 11.0 Å². The minimum Gasteiger partial charge on any atom is -0.309 e. The lowest BCUT2D eigenvalue weighted by molar-refractivity contribution is -0.138. The molecule has 1 heterocycles. The zero-order valence-corrected chi connectivity index (χ0v) is 11.7. The molecule has 2 atom stereocenters. The molecule has 0 spiro atoms. The van der Waals surface area contributed by atoms with Crippen LogP contribution in [0, 0.1) is 5.92 Å². The Kier molecular flexibility index (Phi) is 4.70. The van der Waals surface area contributed by atoms with Crippen LogP contribution < -0.4 is 5.32 Å². The molecule has 1 aliphatic rings. The zero-order valence-electron chi connectivity index (χ0n) is 10.9. The lowest BCUT2D eigenvalue weighted by Gasteiger charge is -2.26. The summed E-state index contributed by atoms with van der Waals surface area (Å²) in [5, 5.41) is 8.67. The van der Waals surface area contributed by atoms with Crippen molar-refractivity contribution in [3.05, 3.63) is 0 Å². The van der Waals surface area contributed by atoms with Crippen LogP contribution in [0.25, 0.3) is 0 Å². The van der Waals surface area contributed by atoms with E-state index in [0.717, 1.165) is 5.04 Å². The maximum atomic E-state index is 12.3. The Labute approximate surface area is 106 Å². The molecule has 0 fully saturated rings. The largest absolute Gasteiger partial charge is 0.309 e. The Morgan fingerprint density at radius 3 is 2.47 bits per heavy atom. The predicted molar refractivity (Wildman–Crippen MR) is 69.7 cm³/mol. The summed E-state index contributed by atoms with van der Waals surface area (Å²) in [6.07, 6.45) is 0. The summed E-state index contributed by atoms with van der Waals surface area (Å²) in [4.78, 5) is 23.7. The number of ketones is 1. The Morgan fingerprint density at radius 2 is 2.06 bits per heavy atom. The van der Waals surface area contributed by atoms with Gasteiger partial charge in [-0.05, 0) is 26.8 Å². The normalized spacial score (nSPS) is 21.6. The first kappa shape index (κ1) is 14.2. The van der Waals surface area contributed by atoms with Crippen molar-refractivity contribution in [1.29, 1.82) is 0 Å². The van der Waals surface area contributed by atoms with Crippen LogP contribution in [0.1, 0.15) is 27.7 Å². The van der Waals surface area contributed by atoms with Gasteiger partial charge in [0, 0.05) is 0 Å². The zero-order chi connectivity index (χ0) is 13.2. The van der Waals surface area contributed by atoms with E-state index in [1.165, 1.54) is 23.7 Å². The number of hydrogen-bond donors (Lipinski definition) is 1. The van der Waals surface area contributed by atoms with Crippen molar-refractivity contribution in [3.8, 4) is 0 Å². The second-order valence-corrected chi connectivity index (χ2v) is 5.67. The molecule has 17 heavy (non-hydrogen) atoms. The number of nitrogens with zero attached hydrogens (tertiary/aromatic N) is 2. The highest BCUT2D eigenvalue weighted by atomic mass is 32.2. The molecule has 6 heteroatoms. The van der Waals surface area contributed by atoms with Crippen LogP contribution in [0.15, 0.2) is 5.10 Å². The molecule has 0 aromatic heterocycles. The van der Waals surface area contributed by atoms with Crippen LogP contribution in [0.4, 0.5) is 0 Å². The van der Waals surface area contributed by atoms with E-state index in [1.54, 1.807) is 14.0 Å². The number of nitrogens with one attached hydrogen (secondary N) is 1. The first-order valence-corrected chi connectivity index (χ1v) is 6.49. The Bertz CT molecular complexity index is 355. The average Bonchev–Trinajstić information content (AvgIpc) is 2.60. The van der Waals surface area contributed by atoms with Crippen molar-refractivity contribution < 1.29 is 9.59 Å². The molecular formula is C11H19N3O2S. The third-order valence-corrected chi connectivity index (χ3v) is 3.75. The van der Waals surface area contributed by atoms with Crippen molar-refractivity contribution >= 4 is 28.5 Å². The first-order valence-electron chi connectivity index (χ1n) is 5.61. The highest BCUT2D eigenvalue weighted by molar-refractivity contribution is 8.15. The molecule has 96 valence electrons. The van der Waals surface area contributed by atoms with Crippen LogP contribution in [0.5, 0.6) is 0 Å². The highest BCUT2D eigenvalue weighted by Gasteiger charge is 2.37. The second-order valence-electron chi connectivity index (χ2n) is 4.39. The van der Waals surface area contributed by atoms with Gasteiger partial charge >= 0.3 is 0 Å². The number of rotatable bonds is 4. The number of hydrogen-bond acceptors (Lipinski definition) is 5. The van der Waals surface area contributed by atoms with Gasteiger partial charge in [-0.25, -0.2) is 5.01 Å². The van der Waals surface area contributed by atoms with Gasteiger partial charge in [-0.3, -0.25) is 9.59 Å². The van der Waals surface area contributed by atoms with Gasteiger partial charge in [-0.2, -0.15) is 5.10 Å². The molecule has 0 saturated carbocycles. The van der Waals surface area contributed by atoms with Crippen LogP contribution in [0.2, 0.25) is 0 Å². The van der Waals surface area contributed by atoms with E-state index >= 15 is 0 Å². The van der Waals surface area contributed by atoms with Crippen LogP contribution in [-0.2, 0) is 9.59 Å². The summed E-state index contributed by atoms with van der Waals surface area (Å²) in [5.74, 6) is -0.0455. The molecule has 1 amide bonds. The first-order chi connectivity index (χ1) is 7.88. The molecule has 0 radical (unpaired) electrons. The van der Waals surface area contributed by atoms with Gasteiger partial charge in [0.1, 0.15) is 0 Å². The number of hydrazone groups is 1. The number of Topliss-reactive ketones (excluding diaryl/α,β-unsaturated/α-hetero) is 1. The summed E-state index contributed by atoms with van der Waals surface area (Å²) >= 11 is 1.33. The summed E-state index contributed by atoms with van der Waals surface area (Å²) in [6, 6.07) is -0.313. The molecule has 0 aromatic carbocycles. The maximum Gasteiger partial charge on any atom is 0.261 e. The van der Waals surface area contributed by atoms with Crippen LogP contribution in [0.3, 0.4) is 0 Å². The Balaban J connectivity index is 2.89. The molecule has 0 bridgehead atoms. The van der Waals surface area contributed by atoms with Gasteiger partial charge in [0.25, 0.3) is 5.91 Å². The molecule has 0 aromatic rings. The summed E-state index contributed by atoms with van der Waals surface area (Å²) < 4.78 is 0. The quantitative estimate of drug-likeness (QED) is 0.818. The topological polar surface area (TPSA) is 61.8 Å². The third-order valence-electron chi connectivity index (χ3n) is 2.57. The van der Waals surface area contributed by atoms with Crippen molar-refractivity contribution in [2.75, 3.05) is 7.05 Å². The predicted octanol–water partition coefficient (Wildman–Crippen LogP) is 1.05. The SMILES string of the molecule is CN[C@H](C(=O)N1N=C(C)SC1C(C)=O)C(C)C. The molecular weight excluding hydrogens is 238 g/mol. The van der Waals surface area contributed by atoms with Gasteiger partial charge in [0.2, 0.25) is 0 Å². The summed E-state index contributed by atoms with van der Waals surface area (Å²) in [5.41, 5.74) is 0. The average molecular weight is 257 g/mol. The fourth-order valence-corrected chi connectivity index (χ4v) is 2.62. The molecule has 1 unspecified atom stereocenters. The fourth-order valence-electron chi connectivity index (χ4n) is 1.74. The number of carbonyl (C=O) groups excluding carboxylic acids is 2. The van der Waals surface area contributed by atoms with E-state index in [0.29, 0.717) is 0 Å². The monoisotopic (exact) mass is 257 g/mol. The Morgan fingerprint density at radius 1 is 1.47 bits per heavy atom. The van der Waals surface area contributed by atoms with Crippen molar-refractivity contribution in [2.45, 2.75) is 39.1 Å². The van der Waals surface area contributed by atoms with E-state index in [-0.39, 0.29) is 23.7 Å². The number of carbonyl (C=O) groups is 2. The van der Waals surface area contributed by atoms with E-state index in [9.17, 15) is 9.59 Å². The summed E-state index contributed by atoms with van der Waals surface area (Å²) in [6.45, 7) is 7.21. The van der Waals surface area contributed by atoms with Gasteiger partial charge in [0.05, 0.1) is 11.1 Å². The van der Waals surface area contributed by atoms with Gasteiger partial charge in [-0.1, -0.05) is 25.6 Å². The molecule has 0 saturated heterocycles. The number of likely N-dealkylation sites (N-methyl/N-ethyl adjacent to an activating group) is 1. The van der Waals surface area contributed by atoms with Crippen LogP contribution in [-0.4, -0.2) is 40.2 Å². The number of amides is 1. The lowest BCUT2D eigenvalue weighted by atomic mass is 10.0. The van der Waals surface area contributed by atoms with E-state index in [4.69, 9.17) is 0 Å². The minimum atomic E-state index is -0.503. The van der Waals surface area contributed by atoms with E-state index < -0.39 is 5.37 Å². The summed E-state index contributed by atoms with van der Waals surface area (Å²) in [7, 11) is 1.74. The molecule has 1 N–H and O–H groups in total. The molecule has 5 nitrogen and oxygen atoms in total. The highest BCUT2D eigenvalue weighted by Crippen LogP contribution is 2.27. The fraction of sp³-hybridized carbons (Fsp3) is 0.727. The maximum absolute atomic E-state index is 12.3.